The molecule has 5 aliphatic rings. The molecule has 1 aromatic carbocycles. The minimum absolute atomic E-state index is 0.0305. The molecule has 4 bridgehead atoms. The van der Waals surface area contributed by atoms with Crippen LogP contribution in [0.5, 0.6) is 5.75 Å². The zero-order chi connectivity index (χ0) is 18.6. The molecule has 27 heavy (non-hydrogen) atoms. The third-order valence-electron chi connectivity index (χ3n) is 8.54. The SMILES string of the molecule is CC12CCCC3CC(C4CCCC(Cc5ccc(O)cc5)C4)(CC(N)C31)O2. The zero-order valence-electron chi connectivity index (χ0n) is 16.7. The molecular weight excluding hydrogens is 334 g/mol. The van der Waals surface area contributed by atoms with Gasteiger partial charge >= 0.3 is 0 Å². The molecule has 6 rings (SSSR count). The third-order valence-corrected chi connectivity index (χ3v) is 8.54. The number of phenolic OH excluding ortho intramolecular Hbond substituents is 1. The molecule has 0 amide bonds. The summed E-state index contributed by atoms with van der Waals surface area (Å²) in [7, 11) is 0. The van der Waals surface area contributed by atoms with Gasteiger partial charge in [-0.3, -0.25) is 0 Å². The standard InChI is InChI=1S/C24H35NO2/c1-23-11-3-5-18-14-24(27-23,15-21(25)22(18)23)19-6-2-4-17(13-19)12-16-7-9-20(26)10-8-16/h7-10,17-19,21-22,26H,2-6,11-15,25H2,1H3. The van der Waals surface area contributed by atoms with E-state index in [2.05, 4.69) is 19.1 Å². The van der Waals surface area contributed by atoms with Gasteiger partial charge in [-0.25, -0.2) is 0 Å². The maximum Gasteiger partial charge on any atom is 0.115 e. The Labute approximate surface area is 163 Å². The smallest absolute Gasteiger partial charge is 0.115 e. The van der Waals surface area contributed by atoms with Gasteiger partial charge in [-0.2, -0.15) is 0 Å². The van der Waals surface area contributed by atoms with E-state index in [9.17, 15) is 5.11 Å². The average molecular weight is 370 g/mol. The van der Waals surface area contributed by atoms with Gasteiger partial charge < -0.3 is 15.6 Å². The van der Waals surface area contributed by atoms with Crippen LogP contribution in [0.1, 0.15) is 70.3 Å². The molecule has 0 spiro atoms. The Morgan fingerprint density at radius 3 is 2.70 bits per heavy atom. The fourth-order valence-corrected chi connectivity index (χ4v) is 7.65. The Hall–Kier alpha value is -1.06. The number of rotatable bonds is 3. The highest BCUT2D eigenvalue weighted by Gasteiger charge is 2.63. The Bertz CT molecular complexity index is 688. The van der Waals surface area contributed by atoms with Crippen molar-refractivity contribution in [2.45, 2.75) is 88.4 Å². The van der Waals surface area contributed by atoms with Gasteiger partial charge in [0.15, 0.2) is 0 Å². The van der Waals surface area contributed by atoms with Gasteiger partial charge in [0, 0.05) is 12.0 Å². The highest BCUT2D eigenvalue weighted by molar-refractivity contribution is 5.26. The largest absolute Gasteiger partial charge is 0.508 e. The summed E-state index contributed by atoms with van der Waals surface area (Å²) in [6, 6.07) is 8.14. The van der Waals surface area contributed by atoms with Crippen LogP contribution in [0.25, 0.3) is 0 Å². The summed E-state index contributed by atoms with van der Waals surface area (Å²) in [5.41, 5.74) is 8.18. The monoisotopic (exact) mass is 369 g/mol. The topological polar surface area (TPSA) is 55.5 Å². The van der Waals surface area contributed by atoms with Gasteiger partial charge in [0.25, 0.3) is 0 Å². The van der Waals surface area contributed by atoms with Crippen LogP contribution in [0.2, 0.25) is 0 Å². The Morgan fingerprint density at radius 1 is 1.11 bits per heavy atom. The summed E-state index contributed by atoms with van der Waals surface area (Å²) in [5.74, 6) is 3.14. The van der Waals surface area contributed by atoms with Crippen LogP contribution in [-0.4, -0.2) is 22.4 Å². The van der Waals surface area contributed by atoms with E-state index in [0.717, 1.165) is 24.7 Å². The first-order chi connectivity index (χ1) is 13.0. The van der Waals surface area contributed by atoms with Crippen molar-refractivity contribution in [2.24, 2.45) is 29.4 Å². The molecular formula is C24H35NO2. The molecule has 7 atom stereocenters. The van der Waals surface area contributed by atoms with Crippen LogP contribution in [0.3, 0.4) is 0 Å². The summed E-state index contributed by atoms with van der Waals surface area (Å²) >= 11 is 0. The lowest BCUT2D eigenvalue weighted by Crippen LogP contribution is -2.71. The van der Waals surface area contributed by atoms with Gasteiger partial charge in [-0.15, -0.1) is 0 Å². The van der Waals surface area contributed by atoms with Crippen LogP contribution in [0.4, 0.5) is 0 Å². The Kier molecular flexibility index (Phi) is 4.32. The van der Waals surface area contributed by atoms with Crippen LogP contribution in [-0.2, 0) is 11.2 Å². The number of ether oxygens (including phenoxy) is 1. The molecule has 148 valence electrons. The second-order valence-corrected chi connectivity index (χ2v) is 10.3. The van der Waals surface area contributed by atoms with E-state index >= 15 is 0 Å². The lowest BCUT2D eigenvalue weighted by molar-refractivity contribution is -0.306. The molecule has 5 fully saturated rings. The van der Waals surface area contributed by atoms with Crippen molar-refractivity contribution >= 4 is 0 Å². The number of hydrogen-bond donors (Lipinski definition) is 2. The van der Waals surface area contributed by atoms with Crippen LogP contribution in [0.15, 0.2) is 24.3 Å². The number of aromatic hydroxyl groups is 1. The van der Waals surface area contributed by atoms with Crippen molar-refractivity contribution in [1.82, 2.24) is 0 Å². The molecule has 3 nitrogen and oxygen atoms in total. The number of phenols is 1. The minimum atomic E-state index is 0.0305. The van der Waals surface area contributed by atoms with Crippen molar-refractivity contribution in [3.05, 3.63) is 29.8 Å². The van der Waals surface area contributed by atoms with E-state index in [1.807, 2.05) is 12.1 Å². The molecule has 3 aliphatic carbocycles. The van der Waals surface area contributed by atoms with Crippen LogP contribution in [0, 0.1) is 23.7 Å². The van der Waals surface area contributed by atoms with Gasteiger partial charge in [0.05, 0.1) is 11.2 Å². The number of benzene rings is 1. The van der Waals surface area contributed by atoms with Gasteiger partial charge in [0.1, 0.15) is 5.75 Å². The van der Waals surface area contributed by atoms with Crippen LogP contribution < -0.4 is 5.73 Å². The van der Waals surface area contributed by atoms with Crippen molar-refractivity contribution in [2.75, 3.05) is 0 Å². The lowest BCUT2D eigenvalue weighted by atomic mass is 9.51. The first kappa shape index (κ1) is 18.0. The summed E-state index contributed by atoms with van der Waals surface area (Å²) < 4.78 is 7.04. The van der Waals surface area contributed by atoms with E-state index in [4.69, 9.17) is 10.5 Å². The third kappa shape index (κ3) is 3.02. The quantitative estimate of drug-likeness (QED) is 0.804. The van der Waals surface area contributed by atoms with Gasteiger partial charge in [0.2, 0.25) is 0 Å². The summed E-state index contributed by atoms with van der Waals surface area (Å²) in [6.45, 7) is 2.37. The highest BCUT2D eigenvalue weighted by atomic mass is 16.5. The second-order valence-electron chi connectivity index (χ2n) is 10.3. The zero-order valence-corrected chi connectivity index (χ0v) is 16.7. The molecule has 2 saturated heterocycles. The Morgan fingerprint density at radius 2 is 1.93 bits per heavy atom. The molecule has 2 aliphatic heterocycles. The summed E-state index contributed by atoms with van der Waals surface area (Å²) in [6.07, 6.45) is 12.6. The van der Waals surface area contributed by atoms with Gasteiger partial charge in [-0.1, -0.05) is 31.4 Å². The predicted octanol–water partition coefficient (Wildman–Crippen LogP) is 4.81. The van der Waals surface area contributed by atoms with E-state index in [-0.39, 0.29) is 11.2 Å². The fraction of sp³-hybridized carbons (Fsp3) is 0.750. The molecule has 0 radical (unpaired) electrons. The first-order valence-electron chi connectivity index (χ1n) is 11.2. The van der Waals surface area contributed by atoms with Gasteiger partial charge in [-0.05, 0) is 87.3 Å². The van der Waals surface area contributed by atoms with Crippen molar-refractivity contribution in [3.63, 3.8) is 0 Å². The molecule has 3 N–H and O–H groups in total. The van der Waals surface area contributed by atoms with E-state index < -0.39 is 0 Å². The molecule has 7 unspecified atom stereocenters. The second kappa shape index (κ2) is 6.49. The molecule has 3 saturated carbocycles. The van der Waals surface area contributed by atoms with E-state index in [1.165, 1.54) is 56.9 Å². The molecule has 0 aromatic heterocycles. The fourth-order valence-electron chi connectivity index (χ4n) is 7.65. The minimum Gasteiger partial charge on any atom is -0.508 e. The summed E-state index contributed by atoms with van der Waals surface area (Å²) in [4.78, 5) is 0. The number of hydrogen-bond acceptors (Lipinski definition) is 3. The predicted molar refractivity (Wildman–Crippen MR) is 108 cm³/mol. The first-order valence-corrected chi connectivity index (χ1v) is 11.2. The normalized spacial score (nSPS) is 46.4. The van der Waals surface area contributed by atoms with Crippen LogP contribution >= 0.6 is 0 Å². The number of fused-ring (bicyclic) bond motifs is 1. The highest BCUT2D eigenvalue weighted by Crippen LogP contribution is 2.61. The molecule has 2 heterocycles. The van der Waals surface area contributed by atoms with Crippen molar-refractivity contribution in [3.8, 4) is 5.75 Å². The maximum absolute atomic E-state index is 9.54. The Balaban J connectivity index is 1.35. The maximum atomic E-state index is 9.54. The summed E-state index contributed by atoms with van der Waals surface area (Å²) in [5, 5.41) is 9.54. The molecule has 3 heteroatoms. The molecule has 1 aromatic rings. The number of nitrogens with two attached hydrogens (primary N) is 1. The lowest BCUT2D eigenvalue weighted by Gasteiger charge is -2.66. The van der Waals surface area contributed by atoms with Crippen molar-refractivity contribution in [1.29, 1.82) is 0 Å². The van der Waals surface area contributed by atoms with E-state index in [1.54, 1.807) is 0 Å². The van der Waals surface area contributed by atoms with E-state index in [0.29, 0.717) is 23.6 Å². The van der Waals surface area contributed by atoms with Crippen molar-refractivity contribution < 1.29 is 9.84 Å². The average Bonchev–Trinajstić information content (AvgIpc) is 2.63.